The van der Waals surface area contributed by atoms with Gasteiger partial charge in [-0.25, -0.2) is 0 Å². The molecule has 2 rings (SSSR count). The van der Waals surface area contributed by atoms with Crippen molar-refractivity contribution in [3.63, 3.8) is 0 Å². The number of hydrogen-bond donors (Lipinski definition) is 2. The Hall–Kier alpha value is -2.27. The van der Waals surface area contributed by atoms with Crippen LogP contribution in [0.2, 0.25) is 0 Å². The first-order valence-corrected chi connectivity index (χ1v) is 6.94. The molecule has 0 aliphatic heterocycles. The van der Waals surface area contributed by atoms with Gasteiger partial charge in [-0.15, -0.1) is 0 Å². The second kappa shape index (κ2) is 7.50. The third kappa shape index (κ3) is 4.36. The quantitative estimate of drug-likeness (QED) is 0.830. The monoisotopic (exact) mass is 302 g/mol. The molecule has 0 radical (unpaired) electrons. The van der Waals surface area contributed by atoms with Crippen LogP contribution in [0.4, 0.5) is 5.69 Å². The van der Waals surface area contributed by atoms with E-state index in [1.165, 1.54) is 5.56 Å². The van der Waals surface area contributed by atoms with E-state index in [0.717, 1.165) is 5.69 Å². The molecule has 0 atom stereocenters. The Bertz CT molecular complexity index is 602. The summed E-state index contributed by atoms with van der Waals surface area (Å²) >= 11 is 5.28. The molecule has 0 spiro atoms. The van der Waals surface area contributed by atoms with Crippen molar-refractivity contribution in [1.29, 1.82) is 0 Å². The Morgan fingerprint density at radius 1 is 1.00 bits per heavy atom. The molecule has 0 saturated carbocycles. The van der Waals surface area contributed by atoms with E-state index in [1.54, 1.807) is 14.2 Å². The molecule has 0 bridgehead atoms. The van der Waals surface area contributed by atoms with Crippen molar-refractivity contribution >= 4 is 23.0 Å². The van der Waals surface area contributed by atoms with Crippen molar-refractivity contribution in [3.05, 3.63) is 54.1 Å². The van der Waals surface area contributed by atoms with Crippen molar-refractivity contribution < 1.29 is 9.47 Å². The zero-order valence-electron chi connectivity index (χ0n) is 12.1. The van der Waals surface area contributed by atoms with Crippen LogP contribution in [0, 0.1) is 0 Å². The van der Waals surface area contributed by atoms with Crippen LogP contribution < -0.4 is 20.1 Å². The van der Waals surface area contributed by atoms with Crippen molar-refractivity contribution in [2.75, 3.05) is 19.5 Å². The minimum absolute atomic E-state index is 0.561. The fraction of sp³-hybridized carbons (Fsp3) is 0.188. The topological polar surface area (TPSA) is 42.5 Å². The fourth-order valence-corrected chi connectivity index (χ4v) is 2.06. The summed E-state index contributed by atoms with van der Waals surface area (Å²) in [6.45, 7) is 0.681. The number of hydrogen-bond acceptors (Lipinski definition) is 3. The number of rotatable bonds is 5. The number of methoxy groups -OCH3 is 2. The van der Waals surface area contributed by atoms with Gasteiger partial charge >= 0.3 is 0 Å². The number of anilines is 1. The van der Waals surface area contributed by atoms with Gasteiger partial charge < -0.3 is 20.1 Å². The summed E-state index contributed by atoms with van der Waals surface area (Å²) in [6.07, 6.45) is 0. The largest absolute Gasteiger partial charge is 0.493 e. The fourth-order valence-electron chi connectivity index (χ4n) is 1.87. The van der Waals surface area contributed by atoms with Crippen LogP contribution in [-0.2, 0) is 6.54 Å². The molecule has 0 aliphatic rings. The summed E-state index contributed by atoms with van der Waals surface area (Å²) in [6, 6.07) is 15.7. The number of benzene rings is 2. The Morgan fingerprint density at radius 2 is 1.71 bits per heavy atom. The van der Waals surface area contributed by atoms with Crippen LogP contribution in [0.5, 0.6) is 11.5 Å². The minimum atomic E-state index is 0.561. The molecule has 0 heterocycles. The van der Waals surface area contributed by atoms with E-state index in [4.69, 9.17) is 21.7 Å². The molecule has 0 unspecified atom stereocenters. The molecule has 5 heteroatoms. The van der Waals surface area contributed by atoms with E-state index in [1.807, 2.05) is 48.5 Å². The first-order chi connectivity index (χ1) is 10.2. The molecule has 0 aliphatic carbocycles. The summed E-state index contributed by atoms with van der Waals surface area (Å²) in [5.74, 6) is 1.35. The summed E-state index contributed by atoms with van der Waals surface area (Å²) in [7, 11) is 3.21. The summed E-state index contributed by atoms with van der Waals surface area (Å²) in [4.78, 5) is 0. The molecule has 0 amide bonds. The van der Waals surface area contributed by atoms with E-state index in [9.17, 15) is 0 Å². The van der Waals surface area contributed by atoms with E-state index in [-0.39, 0.29) is 0 Å². The van der Waals surface area contributed by atoms with Gasteiger partial charge in [0.05, 0.1) is 14.2 Å². The summed E-state index contributed by atoms with van der Waals surface area (Å²) in [5, 5.41) is 6.85. The van der Waals surface area contributed by atoms with Gasteiger partial charge in [-0.05, 0) is 29.9 Å². The highest BCUT2D eigenvalue weighted by molar-refractivity contribution is 7.80. The normalized spacial score (nSPS) is 9.81. The van der Waals surface area contributed by atoms with Crippen molar-refractivity contribution in [3.8, 4) is 11.5 Å². The standard InChI is InChI=1S/C16H18N2O2S/c1-19-14-9-8-13(10-15(14)20-2)18-16(21)17-11-12-6-4-3-5-7-12/h3-10H,11H2,1-2H3,(H2,17,18,21). The Kier molecular flexibility index (Phi) is 5.40. The zero-order chi connectivity index (χ0) is 15.1. The molecular formula is C16H18N2O2S. The van der Waals surface area contributed by atoms with Gasteiger partial charge in [0.25, 0.3) is 0 Å². The third-order valence-corrected chi connectivity index (χ3v) is 3.18. The molecular weight excluding hydrogens is 284 g/mol. The van der Waals surface area contributed by atoms with Gasteiger partial charge in [0, 0.05) is 18.3 Å². The van der Waals surface area contributed by atoms with Crippen LogP contribution >= 0.6 is 12.2 Å². The minimum Gasteiger partial charge on any atom is -0.493 e. The highest BCUT2D eigenvalue weighted by Crippen LogP contribution is 2.29. The molecule has 0 saturated heterocycles. The molecule has 4 nitrogen and oxygen atoms in total. The molecule has 0 aromatic heterocycles. The van der Waals surface area contributed by atoms with Crippen molar-refractivity contribution in [2.24, 2.45) is 0 Å². The highest BCUT2D eigenvalue weighted by atomic mass is 32.1. The van der Waals surface area contributed by atoms with Crippen LogP contribution in [0.3, 0.4) is 0 Å². The highest BCUT2D eigenvalue weighted by Gasteiger charge is 2.05. The summed E-state index contributed by atoms with van der Waals surface area (Å²) < 4.78 is 10.5. The molecule has 2 aromatic rings. The lowest BCUT2D eigenvalue weighted by Crippen LogP contribution is -2.27. The first-order valence-electron chi connectivity index (χ1n) is 6.53. The second-order valence-corrected chi connectivity index (χ2v) is 4.77. The smallest absolute Gasteiger partial charge is 0.171 e. The lowest BCUT2D eigenvalue weighted by atomic mass is 10.2. The molecule has 110 valence electrons. The lowest BCUT2D eigenvalue weighted by molar-refractivity contribution is 0.355. The maximum absolute atomic E-state index is 5.28. The molecule has 2 N–H and O–H groups in total. The molecule has 0 fully saturated rings. The SMILES string of the molecule is COc1ccc(NC(=S)NCc2ccccc2)cc1OC. The zero-order valence-corrected chi connectivity index (χ0v) is 12.9. The van der Waals surface area contributed by atoms with Gasteiger partial charge in [0.2, 0.25) is 0 Å². The van der Waals surface area contributed by atoms with Crippen molar-refractivity contribution in [1.82, 2.24) is 5.32 Å². The number of nitrogens with one attached hydrogen (secondary N) is 2. The second-order valence-electron chi connectivity index (χ2n) is 4.36. The van der Waals surface area contributed by atoms with Gasteiger partial charge in [-0.2, -0.15) is 0 Å². The predicted molar refractivity (Wildman–Crippen MR) is 89.0 cm³/mol. The van der Waals surface area contributed by atoms with Crippen LogP contribution in [0.25, 0.3) is 0 Å². The number of ether oxygens (including phenoxy) is 2. The first kappa shape index (κ1) is 15.1. The van der Waals surface area contributed by atoms with Crippen LogP contribution in [0.15, 0.2) is 48.5 Å². The van der Waals surface area contributed by atoms with Gasteiger partial charge in [0.15, 0.2) is 16.6 Å². The van der Waals surface area contributed by atoms with Gasteiger partial charge in [0.1, 0.15) is 0 Å². The summed E-state index contributed by atoms with van der Waals surface area (Å²) in [5.41, 5.74) is 2.02. The Labute approximate surface area is 130 Å². The van der Waals surface area contributed by atoms with E-state index in [0.29, 0.717) is 23.2 Å². The Morgan fingerprint density at radius 3 is 2.38 bits per heavy atom. The maximum Gasteiger partial charge on any atom is 0.171 e. The Balaban J connectivity index is 1.93. The lowest BCUT2D eigenvalue weighted by Gasteiger charge is -2.13. The molecule has 2 aromatic carbocycles. The van der Waals surface area contributed by atoms with Gasteiger partial charge in [-0.1, -0.05) is 30.3 Å². The van der Waals surface area contributed by atoms with E-state index >= 15 is 0 Å². The van der Waals surface area contributed by atoms with Crippen LogP contribution in [-0.4, -0.2) is 19.3 Å². The van der Waals surface area contributed by atoms with E-state index < -0.39 is 0 Å². The van der Waals surface area contributed by atoms with E-state index in [2.05, 4.69) is 10.6 Å². The number of thiocarbonyl (C=S) groups is 1. The third-order valence-electron chi connectivity index (χ3n) is 2.94. The average Bonchev–Trinajstić information content (AvgIpc) is 2.53. The van der Waals surface area contributed by atoms with Crippen LogP contribution in [0.1, 0.15) is 5.56 Å². The van der Waals surface area contributed by atoms with Crippen molar-refractivity contribution in [2.45, 2.75) is 6.54 Å². The maximum atomic E-state index is 5.28. The predicted octanol–water partition coefficient (Wildman–Crippen LogP) is 3.19. The average molecular weight is 302 g/mol. The molecule has 21 heavy (non-hydrogen) atoms. The van der Waals surface area contributed by atoms with Gasteiger partial charge in [-0.3, -0.25) is 0 Å².